The average Bonchev–Trinajstić information content (AvgIpc) is 2.93. The highest BCUT2D eigenvalue weighted by Crippen LogP contribution is 2.35. The summed E-state index contributed by atoms with van der Waals surface area (Å²) < 4.78 is 5.14. The lowest BCUT2D eigenvalue weighted by atomic mass is 10.2. The van der Waals surface area contributed by atoms with E-state index in [1.54, 1.807) is 0 Å². The van der Waals surface area contributed by atoms with E-state index in [2.05, 4.69) is 15.5 Å². The molecule has 0 aromatic carbocycles. The van der Waals surface area contributed by atoms with Gasteiger partial charge in [-0.15, -0.1) is 11.3 Å². The van der Waals surface area contributed by atoms with E-state index in [0.717, 1.165) is 4.88 Å². The second-order valence-corrected chi connectivity index (χ2v) is 6.23. The zero-order chi connectivity index (χ0) is 15.6. The first-order valence-corrected chi connectivity index (χ1v) is 7.88. The number of aliphatic carboxylic acids is 1. The molecule has 1 aliphatic carbocycles. The van der Waals surface area contributed by atoms with Crippen LogP contribution < -0.4 is 5.32 Å². The summed E-state index contributed by atoms with van der Waals surface area (Å²) in [5.41, 5.74) is -1.02. The first kappa shape index (κ1) is 14.7. The third-order valence-corrected chi connectivity index (χ3v) is 4.41. The summed E-state index contributed by atoms with van der Waals surface area (Å²) in [7, 11) is 0. The standard InChI is InChI=1S/C14H15N3O4S/c18-10(16-14(6-7-14)13(19)20)4-1-5-11-15-12(17-21-11)9-3-2-8-22-9/h2-3,8H,1,4-7H2,(H,16,18)(H,19,20). The molecule has 0 aliphatic heterocycles. The summed E-state index contributed by atoms with van der Waals surface area (Å²) in [6.07, 6.45) is 2.27. The van der Waals surface area contributed by atoms with Gasteiger partial charge in [-0.1, -0.05) is 11.2 Å². The highest BCUT2D eigenvalue weighted by atomic mass is 32.1. The molecule has 0 unspecified atom stereocenters. The molecule has 116 valence electrons. The van der Waals surface area contributed by atoms with E-state index in [0.29, 0.717) is 37.4 Å². The maximum absolute atomic E-state index is 11.7. The zero-order valence-corrected chi connectivity index (χ0v) is 12.6. The van der Waals surface area contributed by atoms with Gasteiger partial charge < -0.3 is 14.9 Å². The smallest absolute Gasteiger partial charge is 0.329 e. The number of amides is 1. The molecule has 1 aliphatic rings. The van der Waals surface area contributed by atoms with Crippen LogP contribution in [-0.4, -0.2) is 32.7 Å². The van der Waals surface area contributed by atoms with Crippen LogP contribution in [0.4, 0.5) is 0 Å². The number of aromatic nitrogens is 2. The van der Waals surface area contributed by atoms with Gasteiger partial charge in [0.1, 0.15) is 5.54 Å². The molecule has 0 bridgehead atoms. The fourth-order valence-electron chi connectivity index (χ4n) is 2.11. The molecule has 2 N–H and O–H groups in total. The van der Waals surface area contributed by atoms with Crippen molar-refractivity contribution in [3.63, 3.8) is 0 Å². The van der Waals surface area contributed by atoms with Crippen molar-refractivity contribution >= 4 is 23.2 Å². The van der Waals surface area contributed by atoms with Gasteiger partial charge in [0.2, 0.25) is 17.6 Å². The molecule has 1 fully saturated rings. The summed E-state index contributed by atoms with van der Waals surface area (Å²) in [5.74, 6) is -0.177. The second kappa shape index (κ2) is 5.88. The molecular formula is C14H15N3O4S. The van der Waals surface area contributed by atoms with Crippen molar-refractivity contribution in [3.8, 4) is 10.7 Å². The van der Waals surface area contributed by atoms with Crippen molar-refractivity contribution in [1.29, 1.82) is 0 Å². The molecule has 0 atom stereocenters. The minimum atomic E-state index is -1.02. The van der Waals surface area contributed by atoms with Gasteiger partial charge >= 0.3 is 5.97 Å². The van der Waals surface area contributed by atoms with Crippen LogP contribution in [0, 0.1) is 0 Å². The number of rotatable bonds is 7. The van der Waals surface area contributed by atoms with Gasteiger partial charge in [0, 0.05) is 12.8 Å². The molecular weight excluding hydrogens is 306 g/mol. The van der Waals surface area contributed by atoms with Gasteiger partial charge in [0.05, 0.1) is 4.88 Å². The van der Waals surface area contributed by atoms with Crippen LogP contribution >= 0.6 is 11.3 Å². The number of carbonyl (C=O) groups is 2. The number of hydrogen-bond donors (Lipinski definition) is 2. The Morgan fingerprint density at radius 1 is 1.45 bits per heavy atom. The Morgan fingerprint density at radius 3 is 2.91 bits per heavy atom. The number of thiophene rings is 1. The SMILES string of the molecule is O=C(CCCc1nc(-c2cccs2)no1)NC1(C(=O)O)CC1. The largest absolute Gasteiger partial charge is 0.480 e. The molecule has 0 spiro atoms. The maximum atomic E-state index is 11.7. The number of carboxylic acids is 1. The fourth-order valence-corrected chi connectivity index (χ4v) is 2.76. The van der Waals surface area contributed by atoms with Crippen molar-refractivity contribution in [3.05, 3.63) is 23.4 Å². The summed E-state index contributed by atoms with van der Waals surface area (Å²) in [5, 5.41) is 17.4. The summed E-state index contributed by atoms with van der Waals surface area (Å²) in [4.78, 5) is 27.9. The molecule has 7 nitrogen and oxygen atoms in total. The molecule has 0 saturated heterocycles. The van der Waals surface area contributed by atoms with Crippen molar-refractivity contribution in [2.24, 2.45) is 0 Å². The number of nitrogens with zero attached hydrogens (tertiary/aromatic N) is 2. The first-order chi connectivity index (χ1) is 10.6. The molecule has 1 saturated carbocycles. The zero-order valence-electron chi connectivity index (χ0n) is 11.7. The number of hydrogen-bond acceptors (Lipinski definition) is 6. The molecule has 1 amide bonds. The van der Waals surface area contributed by atoms with Crippen LogP contribution in [0.2, 0.25) is 0 Å². The molecule has 8 heteroatoms. The van der Waals surface area contributed by atoms with E-state index >= 15 is 0 Å². The molecule has 2 heterocycles. The Morgan fingerprint density at radius 2 is 2.27 bits per heavy atom. The third kappa shape index (κ3) is 3.16. The number of aryl methyl sites for hydroxylation is 1. The first-order valence-electron chi connectivity index (χ1n) is 7.00. The summed E-state index contributed by atoms with van der Waals surface area (Å²) in [6, 6.07) is 3.82. The minimum Gasteiger partial charge on any atom is -0.480 e. The lowest BCUT2D eigenvalue weighted by Gasteiger charge is -2.11. The molecule has 22 heavy (non-hydrogen) atoms. The van der Waals surface area contributed by atoms with Crippen LogP contribution in [0.1, 0.15) is 31.6 Å². The van der Waals surface area contributed by atoms with Crippen molar-refractivity contribution in [2.45, 2.75) is 37.6 Å². The second-order valence-electron chi connectivity index (χ2n) is 5.28. The Balaban J connectivity index is 1.45. The Bertz CT molecular complexity index is 676. The van der Waals surface area contributed by atoms with Crippen LogP contribution in [0.3, 0.4) is 0 Å². The van der Waals surface area contributed by atoms with Gasteiger partial charge in [-0.3, -0.25) is 4.79 Å². The number of carbonyl (C=O) groups excluding carboxylic acids is 1. The van der Waals surface area contributed by atoms with Crippen LogP contribution in [-0.2, 0) is 16.0 Å². The Hall–Kier alpha value is -2.22. The van der Waals surface area contributed by atoms with E-state index in [1.807, 2.05) is 17.5 Å². The van der Waals surface area contributed by atoms with Gasteiger partial charge in [-0.2, -0.15) is 4.98 Å². The number of nitrogens with one attached hydrogen (secondary N) is 1. The molecule has 2 aromatic heterocycles. The summed E-state index contributed by atoms with van der Waals surface area (Å²) in [6.45, 7) is 0. The van der Waals surface area contributed by atoms with Gasteiger partial charge in [-0.05, 0) is 30.7 Å². The van der Waals surface area contributed by atoms with E-state index in [1.165, 1.54) is 11.3 Å². The van der Waals surface area contributed by atoms with E-state index in [4.69, 9.17) is 9.63 Å². The predicted octanol–water partition coefficient (Wildman–Crippen LogP) is 1.85. The van der Waals surface area contributed by atoms with Crippen molar-refractivity contribution in [1.82, 2.24) is 15.5 Å². The number of carboxylic acid groups (broad SMARTS) is 1. The van der Waals surface area contributed by atoms with E-state index < -0.39 is 11.5 Å². The quantitative estimate of drug-likeness (QED) is 0.806. The van der Waals surface area contributed by atoms with Crippen LogP contribution in [0.15, 0.2) is 22.0 Å². The average molecular weight is 321 g/mol. The molecule has 3 rings (SSSR count). The van der Waals surface area contributed by atoms with E-state index in [9.17, 15) is 9.59 Å². The third-order valence-electron chi connectivity index (χ3n) is 3.54. The maximum Gasteiger partial charge on any atom is 0.329 e. The van der Waals surface area contributed by atoms with Gasteiger partial charge in [0.15, 0.2) is 0 Å². The normalized spacial score (nSPS) is 15.5. The highest BCUT2D eigenvalue weighted by Gasteiger charge is 2.51. The highest BCUT2D eigenvalue weighted by molar-refractivity contribution is 7.13. The Kier molecular flexibility index (Phi) is 3.93. The Labute approximate surface area is 130 Å². The fraction of sp³-hybridized carbons (Fsp3) is 0.429. The minimum absolute atomic E-state index is 0.242. The monoisotopic (exact) mass is 321 g/mol. The molecule has 0 radical (unpaired) electrons. The van der Waals surface area contributed by atoms with Crippen LogP contribution in [0.25, 0.3) is 10.7 Å². The predicted molar refractivity (Wildman–Crippen MR) is 78.3 cm³/mol. The van der Waals surface area contributed by atoms with Gasteiger partial charge in [0.25, 0.3) is 0 Å². The summed E-state index contributed by atoms with van der Waals surface area (Å²) >= 11 is 1.53. The lowest BCUT2D eigenvalue weighted by molar-refractivity contribution is -0.143. The topological polar surface area (TPSA) is 105 Å². The van der Waals surface area contributed by atoms with Crippen molar-refractivity contribution < 1.29 is 19.2 Å². The van der Waals surface area contributed by atoms with Crippen molar-refractivity contribution in [2.75, 3.05) is 0 Å². The van der Waals surface area contributed by atoms with Gasteiger partial charge in [-0.25, -0.2) is 4.79 Å². The lowest BCUT2D eigenvalue weighted by Crippen LogP contribution is -2.42. The van der Waals surface area contributed by atoms with E-state index in [-0.39, 0.29) is 12.3 Å². The van der Waals surface area contributed by atoms with Crippen LogP contribution in [0.5, 0.6) is 0 Å². The molecule has 2 aromatic rings.